The molecule has 0 spiro atoms. The molecule has 0 aromatic carbocycles. The lowest BCUT2D eigenvalue weighted by atomic mass is 9.33. The molecule has 3 aliphatic heterocycles. The Labute approximate surface area is 396 Å². The van der Waals surface area contributed by atoms with Crippen molar-refractivity contribution in [3.63, 3.8) is 0 Å². The summed E-state index contributed by atoms with van der Waals surface area (Å²) in [5, 5.41) is 130. The van der Waals surface area contributed by atoms with E-state index in [-0.39, 0.29) is 47.0 Å². The van der Waals surface area contributed by atoms with Gasteiger partial charge in [-0.25, -0.2) is 4.79 Å². The van der Waals surface area contributed by atoms with E-state index in [1.54, 1.807) is 6.92 Å². The molecule has 3 saturated heterocycles. The van der Waals surface area contributed by atoms with Crippen LogP contribution < -0.4 is 0 Å². The van der Waals surface area contributed by atoms with Gasteiger partial charge in [0.05, 0.1) is 36.9 Å². The van der Waals surface area contributed by atoms with Crippen LogP contribution in [0.4, 0.5) is 0 Å². The Kier molecular flexibility index (Phi) is 14.0. The van der Waals surface area contributed by atoms with Crippen LogP contribution in [0.3, 0.4) is 0 Å². The molecule has 388 valence electrons. The first-order valence-electron chi connectivity index (χ1n) is 24.4. The van der Waals surface area contributed by atoms with Gasteiger partial charge in [-0.3, -0.25) is 4.79 Å². The minimum absolute atomic E-state index is 0.114. The largest absolute Gasteiger partial charge is 0.481 e. The average Bonchev–Trinajstić information content (AvgIpc) is 3.28. The zero-order chi connectivity index (χ0) is 50.0. The first-order chi connectivity index (χ1) is 31.7. The number of aliphatic hydroxyl groups excluding tert-OH is 10. The van der Waals surface area contributed by atoms with Crippen LogP contribution in [0, 0.1) is 50.2 Å². The van der Waals surface area contributed by atoms with Crippen molar-refractivity contribution >= 4 is 11.9 Å². The van der Waals surface area contributed by atoms with Crippen molar-refractivity contribution < 1.29 is 99.3 Å². The Morgan fingerprint density at radius 2 is 1.29 bits per heavy atom. The lowest BCUT2D eigenvalue weighted by Crippen LogP contribution is -2.68. The molecule has 7 fully saturated rings. The molecular formula is C48H76O20. The molecule has 0 radical (unpaired) electrons. The number of hydrogen-bond donors (Lipinski definition) is 12. The highest BCUT2D eigenvalue weighted by Gasteiger charge is 2.70. The molecule has 20 nitrogen and oxygen atoms in total. The monoisotopic (exact) mass is 972 g/mol. The van der Waals surface area contributed by atoms with E-state index in [2.05, 4.69) is 33.8 Å². The SMILES string of the molecule is C[C@@H]1O[C@@H](O[C@H]2[C@H](O[C@H]3[C@H](O[C@H]4CC[C@@]5(C)C(CC[C@]6(C)[C@@H]5CC=C5[C@@H]7C[C@](C)(C(=O)O)C[C@@H](O)[C@]7(C)CC[C@]56C)[C@@]4(C)CO)O[C@H](C(=O)O)[C@@H](O)[C@@H]3O)O[C@H](CO)[C@@H](O)[C@@H]2O)[C@H](O)[C@H](O)[C@H]1O. The summed E-state index contributed by atoms with van der Waals surface area (Å²) in [6.07, 6.45) is -20.6. The van der Waals surface area contributed by atoms with E-state index in [0.29, 0.717) is 32.1 Å². The number of allylic oxidation sites excluding steroid dienone is 2. The highest BCUT2D eigenvalue weighted by molar-refractivity contribution is 5.74. The molecule has 1 unspecified atom stereocenters. The Hall–Kier alpha value is -1.96. The number of carboxylic acid groups (broad SMARTS) is 2. The van der Waals surface area contributed by atoms with Gasteiger partial charge in [0, 0.05) is 10.8 Å². The van der Waals surface area contributed by atoms with Gasteiger partial charge in [-0.05, 0) is 106 Å². The quantitative estimate of drug-likeness (QED) is 0.0994. The second-order valence-electron chi connectivity index (χ2n) is 23.3. The summed E-state index contributed by atoms with van der Waals surface area (Å²) in [6, 6.07) is 0. The highest BCUT2D eigenvalue weighted by atomic mass is 16.8. The summed E-state index contributed by atoms with van der Waals surface area (Å²) in [7, 11) is 0. The number of carboxylic acids is 2. The molecule has 4 saturated carbocycles. The molecule has 26 atom stereocenters. The Morgan fingerprint density at radius 1 is 0.662 bits per heavy atom. The van der Waals surface area contributed by atoms with E-state index in [0.717, 1.165) is 19.3 Å². The predicted molar refractivity (Wildman–Crippen MR) is 233 cm³/mol. The van der Waals surface area contributed by atoms with Crippen molar-refractivity contribution in [2.45, 2.75) is 211 Å². The zero-order valence-corrected chi connectivity index (χ0v) is 40.0. The minimum Gasteiger partial charge on any atom is -0.481 e. The molecule has 3 heterocycles. The van der Waals surface area contributed by atoms with Gasteiger partial charge in [-0.15, -0.1) is 0 Å². The van der Waals surface area contributed by atoms with E-state index in [1.165, 1.54) is 12.5 Å². The number of hydrogen-bond acceptors (Lipinski definition) is 18. The average molecular weight is 973 g/mol. The first-order valence-corrected chi connectivity index (χ1v) is 24.4. The maximum atomic E-state index is 12.6. The van der Waals surface area contributed by atoms with E-state index >= 15 is 0 Å². The molecule has 12 N–H and O–H groups in total. The number of fused-ring (bicyclic) bond motifs is 7. The molecule has 0 aromatic rings. The van der Waals surface area contributed by atoms with Crippen LogP contribution in [-0.4, -0.2) is 191 Å². The van der Waals surface area contributed by atoms with Crippen molar-refractivity contribution in [1.29, 1.82) is 0 Å². The first kappa shape index (κ1) is 52.4. The van der Waals surface area contributed by atoms with Crippen LogP contribution in [0.25, 0.3) is 0 Å². The number of carbonyl (C=O) groups is 2. The lowest BCUT2D eigenvalue weighted by Gasteiger charge is -2.71. The fourth-order valence-corrected chi connectivity index (χ4v) is 15.1. The van der Waals surface area contributed by atoms with E-state index < -0.39 is 139 Å². The summed E-state index contributed by atoms with van der Waals surface area (Å²) in [6.45, 7) is 12.9. The summed E-state index contributed by atoms with van der Waals surface area (Å²) >= 11 is 0. The summed E-state index contributed by atoms with van der Waals surface area (Å²) in [5.41, 5.74) is -2.20. The third kappa shape index (κ3) is 7.85. The van der Waals surface area contributed by atoms with Crippen molar-refractivity contribution in [3.8, 4) is 0 Å². The van der Waals surface area contributed by atoms with Crippen molar-refractivity contribution in [2.24, 2.45) is 50.2 Å². The molecule has 8 aliphatic rings. The smallest absolute Gasteiger partial charge is 0.335 e. The van der Waals surface area contributed by atoms with Crippen molar-refractivity contribution in [1.82, 2.24) is 0 Å². The van der Waals surface area contributed by atoms with Gasteiger partial charge in [0.1, 0.15) is 61.0 Å². The lowest BCUT2D eigenvalue weighted by molar-refractivity contribution is -0.396. The molecule has 0 amide bonds. The fourth-order valence-electron chi connectivity index (χ4n) is 15.1. The number of rotatable bonds is 10. The maximum Gasteiger partial charge on any atom is 0.335 e. The Bertz CT molecular complexity index is 1920. The Morgan fingerprint density at radius 3 is 1.91 bits per heavy atom. The van der Waals surface area contributed by atoms with Crippen LogP contribution in [0.5, 0.6) is 0 Å². The van der Waals surface area contributed by atoms with Gasteiger partial charge in [-0.1, -0.05) is 46.3 Å². The van der Waals surface area contributed by atoms with E-state index in [4.69, 9.17) is 28.4 Å². The predicted octanol–water partition coefficient (Wildman–Crippen LogP) is -0.231. The minimum atomic E-state index is -2.10. The van der Waals surface area contributed by atoms with Crippen LogP contribution in [0.1, 0.15) is 106 Å². The van der Waals surface area contributed by atoms with Crippen molar-refractivity contribution in [2.75, 3.05) is 13.2 Å². The highest BCUT2D eigenvalue weighted by Crippen LogP contribution is 2.76. The molecule has 8 rings (SSSR count). The standard InChI is InChI=1S/C48H76O20/c1-20-28(52)30(54)34(58)39(63-20)67-36-31(55)29(53)23(18-49)64-40(36)68-37-33(57)32(56)35(38(59)60)66-41(37)65-27-11-12-45(4)24(46(27,5)19-50)10-13-48(7)25(45)9-8-21-22-16-43(2,42(61)62)17-26(51)44(22,3)14-15-47(21,48)6/h8,20,22-37,39-41,49-58H,9-19H2,1-7H3,(H,59,60)(H,61,62)/t20-,22-,23+,24?,25+,26+,27-,28-,29+,30+,31-,32-,33-,34+,35-,36+,37+,39-,40-,41+,43-,44+,45-,46+,47+,48+/m0/s1. The molecule has 20 heteroatoms. The summed E-state index contributed by atoms with van der Waals surface area (Å²) < 4.78 is 36.1. The number of ether oxygens (including phenoxy) is 6. The topological polar surface area (TPSA) is 332 Å². The molecule has 0 bridgehead atoms. The van der Waals surface area contributed by atoms with Gasteiger partial charge in [-0.2, -0.15) is 0 Å². The van der Waals surface area contributed by atoms with Gasteiger partial charge < -0.3 is 89.7 Å². The van der Waals surface area contributed by atoms with Crippen LogP contribution in [0.15, 0.2) is 11.6 Å². The second kappa shape index (κ2) is 18.2. The third-order valence-electron chi connectivity index (χ3n) is 19.8. The van der Waals surface area contributed by atoms with Crippen LogP contribution in [0.2, 0.25) is 0 Å². The number of aliphatic hydroxyl groups is 10. The van der Waals surface area contributed by atoms with Crippen LogP contribution in [-0.2, 0) is 38.0 Å². The van der Waals surface area contributed by atoms with Gasteiger partial charge >= 0.3 is 11.9 Å². The van der Waals surface area contributed by atoms with Gasteiger partial charge in [0.15, 0.2) is 25.0 Å². The summed E-state index contributed by atoms with van der Waals surface area (Å²) in [4.78, 5) is 25.1. The van der Waals surface area contributed by atoms with E-state index in [9.17, 15) is 70.9 Å². The molecular weight excluding hydrogens is 897 g/mol. The molecule has 68 heavy (non-hydrogen) atoms. The summed E-state index contributed by atoms with van der Waals surface area (Å²) in [5.74, 6) is -2.68. The fraction of sp³-hybridized carbons (Fsp3) is 0.917. The normalized spacial score (nSPS) is 56.0. The zero-order valence-electron chi connectivity index (χ0n) is 40.0. The van der Waals surface area contributed by atoms with Crippen molar-refractivity contribution in [3.05, 3.63) is 11.6 Å². The maximum absolute atomic E-state index is 12.6. The van der Waals surface area contributed by atoms with Gasteiger partial charge in [0.2, 0.25) is 0 Å². The molecule has 0 aromatic heterocycles. The van der Waals surface area contributed by atoms with E-state index in [1.807, 2.05) is 6.92 Å². The number of aliphatic carboxylic acids is 2. The van der Waals surface area contributed by atoms with Gasteiger partial charge in [0.25, 0.3) is 0 Å². The Balaban J connectivity index is 1.08. The van der Waals surface area contributed by atoms with Crippen LogP contribution >= 0.6 is 0 Å². The molecule has 5 aliphatic carbocycles. The third-order valence-corrected chi connectivity index (χ3v) is 19.8. The second-order valence-corrected chi connectivity index (χ2v) is 23.3.